The average molecular weight is 633 g/mol. The third-order valence-electron chi connectivity index (χ3n) is 9.26. The van der Waals surface area contributed by atoms with Crippen molar-refractivity contribution in [3.8, 4) is 11.4 Å². The van der Waals surface area contributed by atoms with Gasteiger partial charge in [-0.1, -0.05) is 75.6 Å². The minimum absolute atomic E-state index is 0.139. The Balaban J connectivity index is 1.08. The Bertz CT molecular complexity index is 1860. The number of carbonyl (C=O) groups excluding carboxylic acids is 1. The zero-order valence-corrected chi connectivity index (χ0v) is 27.7. The second-order valence-corrected chi connectivity index (χ2v) is 13.9. The molecule has 0 saturated carbocycles. The number of nitrogens with zero attached hydrogens (tertiary/aromatic N) is 6. The number of hydrogen-bond acceptors (Lipinski definition) is 6. The fraction of sp³-hybridized carbons (Fsp3) is 0.405. The number of nitrogens with one attached hydrogen (secondary N) is 2. The Kier molecular flexibility index (Phi) is 8.34. The van der Waals surface area contributed by atoms with Crippen LogP contribution in [0.3, 0.4) is 0 Å². The lowest BCUT2D eigenvalue weighted by Gasteiger charge is -2.32. The smallest absolute Gasteiger partial charge is 0.320 e. The van der Waals surface area contributed by atoms with E-state index in [9.17, 15) is 4.79 Å². The Morgan fingerprint density at radius 3 is 2.38 bits per heavy atom. The molecule has 2 atom stereocenters. The number of carbonyl (C=O) groups is 1. The van der Waals surface area contributed by atoms with Crippen LogP contribution in [0, 0.1) is 6.92 Å². The molecule has 2 aliphatic rings. The lowest BCUT2D eigenvalue weighted by atomic mass is 9.85. The molecule has 1 aliphatic carbocycles. The summed E-state index contributed by atoms with van der Waals surface area (Å²) in [5, 5.41) is 20.1. The molecule has 0 spiro atoms. The normalized spacial score (nSPS) is 18.4. The van der Waals surface area contributed by atoms with Gasteiger partial charge in [0.25, 0.3) is 0 Å². The SMILES string of the molecule is Cc1ccc(-n2nc(C(C)(C)C)cc2NC(=O)NC2CCC(Oc3ccc4nnc(N5CCCCCC5)n4c3)c3ccccc32)cc1. The number of pyridine rings is 1. The van der Waals surface area contributed by atoms with Crippen LogP contribution in [0.1, 0.15) is 93.8 Å². The molecule has 2 amide bonds. The van der Waals surface area contributed by atoms with Crippen molar-refractivity contribution >= 4 is 23.4 Å². The Morgan fingerprint density at radius 1 is 0.894 bits per heavy atom. The number of fused-ring (bicyclic) bond motifs is 2. The molecular weight excluding hydrogens is 588 g/mol. The second kappa shape index (κ2) is 12.7. The van der Waals surface area contributed by atoms with Gasteiger partial charge >= 0.3 is 6.03 Å². The lowest BCUT2D eigenvalue weighted by Crippen LogP contribution is -2.36. The fourth-order valence-corrected chi connectivity index (χ4v) is 6.63. The number of rotatable bonds is 6. The molecule has 5 aromatic rings. The molecule has 1 fully saturated rings. The topological polar surface area (TPSA) is 102 Å². The first-order chi connectivity index (χ1) is 22.7. The fourth-order valence-electron chi connectivity index (χ4n) is 6.63. The Hall–Kier alpha value is -4.86. The van der Waals surface area contributed by atoms with E-state index in [1.165, 1.54) is 31.2 Å². The molecule has 3 aromatic heterocycles. The second-order valence-electron chi connectivity index (χ2n) is 13.9. The Labute approximate surface area is 276 Å². The van der Waals surface area contributed by atoms with Crippen LogP contribution in [0.2, 0.25) is 0 Å². The van der Waals surface area contributed by atoms with Gasteiger partial charge in [-0.3, -0.25) is 9.72 Å². The van der Waals surface area contributed by atoms with Gasteiger partial charge in [-0.2, -0.15) is 5.10 Å². The summed E-state index contributed by atoms with van der Waals surface area (Å²) in [4.78, 5) is 15.9. The molecule has 2 N–H and O–H groups in total. The number of anilines is 2. The molecule has 7 rings (SSSR count). The van der Waals surface area contributed by atoms with Crippen LogP contribution >= 0.6 is 0 Å². The minimum Gasteiger partial charge on any atom is -0.484 e. The number of aromatic nitrogens is 5. The first-order valence-electron chi connectivity index (χ1n) is 16.8. The highest BCUT2D eigenvalue weighted by atomic mass is 16.5. The van der Waals surface area contributed by atoms with Gasteiger partial charge < -0.3 is 15.0 Å². The summed E-state index contributed by atoms with van der Waals surface area (Å²) in [6, 6.07) is 21.9. The van der Waals surface area contributed by atoms with Crippen molar-refractivity contribution in [3.63, 3.8) is 0 Å². The quantitative estimate of drug-likeness (QED) is 0.199. The highest BCUT2D eigenvalue weighted by Crippen LogP contribution is 2.39. The van der Waals surface area contributed by atoms with Crippen molar-refractivity contribution in [3.05, 3.63) is 95.3 Å². The van der Waals surface area contributed by atoms with Crippen LogP contribution < -0.4 is 20.3 Å². The lowest BCUT2D eigenvalue weighted by molar-refractivity contribution is 0.171. The molecule has 10 heteroatoms. The average Bonchev–Trinajstić information content (AvgIpc) is 3.58. The summed E-state index contributed by atoms with van der Waals surface area (Å²) in [5.74, 6) is 2.28. The van der Waals surface area contributed by atoms with Gasteiger partial charge in [0.1, 0.15) is 17.7 Å². The molecule has 2 unspecified atom stereocenters. The zero-order chi connectivity index (χ0) is 32.5. The molecule has 2 aromatic carbocycles. The van der Waals surface area contributed by atoms with Gasteiger partial charge in [0, 0.05) is 24.6 Å². The minimum atomic E-state index is -0.267. The third-order valence-corrected chi connectivity index (χ3v) is 9.26. The predicted octanol–water partition coefficient (Wildman–Crippen LogP) is 7.68. The maximum absolute atomic E-state index is 13.5. The number of urea groups is 1. The monoisotopic (exact) mass is 632 g/mol. The van der Waals surface area contributed by atoms with Gasteiger partial charge in [-0.15, -0.1) is 10.2 Å². The molecule has 1 saturated heterocycles. The highest BCUT2D eigenvalue weighted by molar-refractivity contribution is 5.89. The summed E-state index contributed by atoms with van der Waals surface area (Å²) >= 11 is 0. The number of amides is 2. The van der Waals surface area contributed by atoms with E-state index < -0.39 is 0 Å². The third kappa shape index (κ3) is 6.54. The van der Waals surface area contributed by atoms with Crippen molar-refractivity contribution in [1.29, 1.82) is 0 Å². The molecule has 1 aliphatic heterocycles. The van der Waals surface area contributed by atoms with Crippen molar-refractivity contribution in [2.45, 2.75) is 83.8 Å². The summed E-state index contributed by atoms with van der Waals surface area (Å²) < 4.78 is 10.5. The number of aryl methyl sites for hydroxylation is 1. The van der Waals surface area contributed by atoms with Crippen LogP contribution in [0.5, 0.6) is 5.75 Å². The van der Waals surface area contributed by atoms with E-state index >= 15 is 0 Å². The maximum atomic E-state index is 13.5. The first-order valence-corrected chi connectivity index (χ1v) is 16.8. The number of ether oxygens (including phenoxy) is 1. The van der Waals surface area contributed by atoms with Crippen LogP contribution in [-0.4, -0.2) is 43.5 Å². The van der Waals surface area contributed by atoms with E-state index in [1.54, 1.807) is 0 Å². The van der Waals surface area contributed by atoms with Crippen molar-refractivity contribution < 1.29 is 9.53 Å². The number of hydrogen-bond donors (Lipinski definition) is 2. The highest BCUT2D eigenvalue weighted by Gasteiger charge is 2.30. The zero-order valence-electron chi connectivity index (χ0n) is 27.7. The standard InChI is InChI=1S/C37H44N8O2/c1-25-13-15-26(16-14-25)45-34(23-32(42-45)37(2,3)4)39-35(46)38-30-18-19-31(29-12-8-7-11-28(29)30)47-27-17-20-33-40-41-36(44(33)24-27)43-21-9-5-6-10-22-43/h7-8,11-17,20,23-24,30-31H,5-6,9-10,18-19,21-22H2,1-4H3,(H2,38,39,46). The van der Waals surface area contributed by atoms with Crippen molar-refractivity contribution in [1.82, 2.24) is 29.7 Å². The molecular formula is C37H44N8O2. The molecule has 10 nitrogen and oxygen atoms in total. The van der Waals surface area contributed by atoms with Crippen molar-refractivity contribution in [2.75, 3.05) is 23.3 Å². The van der Waals surface area contributed by atoms with Crippen LogP contribution in [0.4, 0.5) is 16.6 Å². The molecule has 244 valence electrons. The predicted molar refractivity (Wildman–Crippen MR) is 185 cm³/mol. The molecule has 0 bridgehead atoms. The van der Waals surface area contributed by atoms with Crippen LogP contribution in [0.15, 0.2) is 72.9 Å². The summed E-state index contributed by atoms with van der Waals surface area (Å²) in [7, 11) is 0. The van der Waals surface area contributed by atoms with Crippen LogP contribution in [0.25, 0.3) is 11.3 Å². The largest absolute Gasteiger partial charge is 0.484 e. The van der Waals surface area contributed by atoms with E-state index in [-0.39, 0.29) is 23.6 Å². The maximum Gasteiger partial charge on any atom is 0.320 e. The number of benzene rings is 2. The summed E-state index contributed by atoms with van der Waals surface area (Å²) in [6.45, 7) is 10.4. The van der Waals surface area contributed by atoms with E-state index in [0.717, 1.165) is 65.8 Å². The van der Waals surface area contributed by atoms with E-state index in [2.05, 4.69) is 70.0 Å². The Morgan fingerprint density at radius 2 is 1.64 bits per heavy atom. The molecule has 47 heavy (non-hydrogen) atoms. The van der Waals surface area contributed by atoms with Crippen LogP contribution in [-0.2, 0) is 5.41 Å². The molecule has 4 heterocycles. The first kappa shape index (κ1) is 30.8. The van der Waals surface area contributed by atoms with Gasteiger partial charge in [-0.05, 0) is 68.0 Å². The van der Waals surface area contributed by atoms with Gasteiger partial charge in [-0.25, -0.2) is 9.48 Å². The summed E-state index contributed by atoms with van der Waals surface area (Å²) in [6.07, 6.45) is 8.24. The van der Waals surface area contributed by atoms with E-state index in [1.807, 2.05) is 65.5 Å². The van der Waals surface area contributed by atoms with Gasteiger partial charge in [0.05, 0.1) is 23.6 Å². The van der Waals surface area contributed by atoms with Gasteiger partial charge in [0.15, 0.2) is 5.65 Å². The van der Waals surface area contributed by atoms with Gasteiger partial charge in [0.2, 0.25) is 5.95 Å². The van der Waals surface area contributed by atoms with E-state index in [0.29, 0.717) is 5.82 Å². The summed E-state index contributed by atoms with van der Waals surface area (Å²) in [5.41, 5.74) is 5.76. The van der Waals surface area contributed by atoms with E-state index in [4.69, 9.17) is 9.84 Å². The molecule has 0 radical (unpaired) electrons. The van der Waals surface area contributed by atoms with Crippen molar-refractivity contribution in [2.24, 2.45) is 0 Å².